The molecule has 0 fully saturated rings. The first-order valence-electron chi connectivity index (χ1n) is 27.3. The third kappa shape index (κ3) is 42.1. The van der Waals surface area contributed by atoms with Crippen LogP contribution in [-0.4, -0.2) is 61.5 Å². The SMILES string of the molecule is CCCCC/C=C\CCCC(CCC/C=C\CCCCC)CN(C(=O)CCCN(C)C)C(CCCCCCCCCC)CCCCCCC(=O)OCCCCCCCCCC. The van der Waals surface area contributed by atoms with E-state index in [4.69, 9.17) is 4.74 Å². The molecule has 0 aliphatic heterocycles. The maximum absolute atomic E-state index is 14.4. The van der Waals surface area contributed by atoms with Gasteiger partial charge in [0.2, 0.25) is 5.91 Å². The first-order chi connectivity index (χ1) is 29.9. The number of carbonyl (C=O) groups is 2. The number of nitrogens with zero attached hydrogens (tertiary/aromatic N) is 2. The molecule has 0 N–H and O–H groups in total. The van der Waals surface area contributed by atoms with Crippen molar-refractivity contribution in [3.05, 3.63) is 24.3 Å². The molecule has 1 unspecified atom stereocenters. The van der Waals surface area contributed by atoms with Gasteiger partial charge >= 0.3 is 5.97 Å². The second-order valence-corrected chi connectivity index (χ2v) is 19.2. The van der Waals surface area contributed by atoms with Crippen LogP contribution in [0, 0.1) is 5.92 Å². The van der Waals surface area contributed by atoms with Crippen molar-refractivity contribution < 1.29 is 14.3 Å². The van der Waals surface area contributed by atoms with E-state index in [1.807, 2.05) is 0 Å². The van der Waals surface area contributed by atoms with Gasteiger partial charge in [0.25, 0.3) is 0 Å². The molecule has 0 saturated heterocycles. The van der Waals surface area contributed by atoms with Gasteiger partial charge in [0.15, 0.2) is 0 Å². The van der Waals surface area contributed by atoms with E-state index in [1.54, 1.807) is 0 Å². The van der Waals surface area contributed by atoms with Crippen molar-refractivity contribution in [3.63, 3.8) is 0 Å². The van der Waals surface area contributed by atoms with E-state index in [0.717, 1.165) is 77.3 Å². The number of ether oxygens (including phenoxy) is 1. The van der Waals surface area contributed by atoms with Crippen LogP contribution in [0.5, 0.6) is 0 Å². The number of rotatable bonds is 48. The molecule has 0 aliphatic rings. The zero-order valence-corrected chi connectivity index (χ0v) is 42.3. The number of amides is 1. The van der Waals surface area contributed by atoms with Crippen molar-refractivity contribution in [2.24, 2.45) is 5.92 Å². The first kappa shape index (κ1) is 59.4. The minimum absolute atomic E-state index is 0.0185. The van der Waals surface area contributed by atoms with E-state index in [2.05, 4.69) is 75.9 Å². The molecule has 5 heteroatoms. The molecule has 0 radical (unpaired) electrons. The molecule has 0 aromatic heterocycles. The predicted molar refractivity (Wildman–Crippen MR) is 270 cm³/mol. The van der Waals surface area contributed by atoms with E-state index in [9.17, 15) is 9.59 Å². The van der Waals surface area contributed by atoms with Crippen LogP contribution >= 0.6 is 0 Å². The van der Waals surface area contributed by atoms with E-state index in [-0.39, 0.29) is 5.97 Å². The molecule has 1 amide bonds. The Morgan fingerprint density at radius 1 is 0.443 bits per heavy atom. The maximum Gasteiger partial charge on any atom is 0.305 e. The van der Waals surface area contributed by atoms with Gasteiger partial charge in [0.05, 0.1) is 6.61 Å². The van der Waals surface area contributed by atoms with Gasteiger partial charge in [-0.15, -0.1) is 0 Å². The summed E-state index contributed by atoms with van der Waals surface area (Å²) in [5, 5.41) is 0. The number of hydrogen-bond acceptors (Lipinski definition) is 4. The summed E-state index contributed by atoms with van der Waals surface area (Å²) in [6.45, 7) is 11.6. The third-order valence-electron chi connectivity index (χ3n) is 12.8. The standard InChI is InChI=1S/C56H108N2O3/c1-7-11-15-19-23-27-31-37-44-53(45-38-32-28-24-20-16-12-8-2)52-58(55(59)48-43-50-57(5)6)54(46-39-33-29-25-21-17-13-9-3)47-40-34-35-41-49-56(60)61-51-42-36-30-26-22-18-14-10-4/h23-24,27-28,53-54H,7-22,25-26,29-52H2,1-6H3/b27-23-,28-24-. The van der Waals surface area contributed by atoms with Crippen molar-refractivity contribution in [2.45, 2.75) is 284 Å². The molecule has 5 nitrogen and oxygen atoms in total. The summed E-state index contributed by atoms with van der Waals surface area (Å²) in [5.41, 5.74) is 0. The molecule has 0 spiro atoms. The zero-order valence-electron chi connectivity index (χ0n) is 42.3. The lowest BCUT2D eigenvalue weighted by Crippen LogP contribution is -2.43. The minimum Gasteiger partial charge on any atom is -0.466 e. The molecular formula is C56H108N2O3. The Kier molecular flexibility index (Phi) is 46.6. The van der Waals surface area contributed by atoms with E-state index >= 15 is 0 Å². The molecular weight excluding hydrogens is 749 g/mol. The average Bonchev–Trinajstić information content (AvgIpc) is 3.25. The van der Waals surface area contributed by atoms with Crippen molar-refractivity contribution in [2.75, 3.05) is 33.8 Å². The van der Waals surface area contributed by atoms with Crippen molar-refractivity contribution in [1.29, 1.82) is 0 Å². The highest BCUT2D eigenvalue weighted by Crippen LogP contribution is 2.26. The highest BCUT2D eigenvalue weighted by Gasteiger charge is 2.26. The Morgan fingerprint density at radius 3 is 1.33 bits per heavy atom. The van der Waals surface area contributed by atoms with Crippen LogP contribution in [0.3, 0.4) is 0 Å². The molecule has 1 atom stereocenters. The molecule has 0 aromatic rings. The normalized spacial score (nSPS) is 12.5. The Hall–Kier alpha value is -1.62. The second-order valence-electron chi connectivity index (χ2n) is 19.2. The Labute approximate surface area is 382 Å². The van der Waals surface area contributed by atoms with Crippen molar-refractivity contribution >= 4 is 11.9 Å². The lowest BCUT2D eigenvalue weighted by Gasteiger charge is -2.36. The van der Waals surface area contributed by atoms with Crippen LogP contribution < -0.4 is 0 Å². The molecule has 360 valence electrons. The van der Waals surface area contributed by atoms with Gasteiger partial charge < -0.3 is 14.5 Å². The average molecular weight is 857 g/mol. The molecule has 0 saturated carbocycles. The van der Waals surface area contributed by atoms with Crippen molar-refractivity contribution in [1.82, 2.24) is 9.80 Å². The Morgan fingerprint density at radius 2 is 0.852 bits per heavy atom. The fraction of sp³-hybridized carbons (Fsp3) is 0.893. The van der Waals surface area contributed by atoms with Gasteiger partial charge in [-0.05, 0) is 123 Å². The number of carbonyl (C=O) groups excluding carboxylic acids is 2. The van der Waals surface area contributed by atoms with Crippen LogP contribution in [0.1, 0.15) is 278 Å². The largest absolute Gasteiger partial charge is 0.466 e. The van der Waals surface area contributed by atoms with Crippen molar-refractivity contribution in [3.8, 4) is 0 Å². The Balaban J connectivity index is 5.61. The van der Waals surface area contributed by atoms with Crippen LogP contribution in [0.15, 0.2) is 24.3 Å². The van der Waals surface area contributed by atoms with Gasteiger partial charge in [0, 0.05) is 25.4 Å². The van der Waals surface area contributed by atoms with Gasteiger partial charge in [-0.25, -0.2) is 0 Å². The van der Waals surface area contributed by atoms with Gasteiger partial charge in [-0.3, -0.25) is 9.59 Å². The van der Waals surface area contributed by atoms with Gasteiger partial charge in [-0.2, -0.15) is 0 Å². The Bertz CT molecular complexity index is 951. The van der Waals surface area contributed by atoms with Gasteiger partial charge in [-0.1, -0.05) is 193 Å². The molecule has 61 heavy (non-hydrogen) atoms. The number of unbranched alkanes of at least 4 members (excludes halogenated alkanes) is 25. The van der Waals surface area contributed by atoms with Crippen LogP contribution in [0.25, 0.3) is 0 Å². The molecule has 0 rings (SSSR count). The smallest absolute Gasteiger partial charge is 0.305 e. The summed E-state index contributed by atoms with van der Waals surface area (Å²) in [7, 11) is 4.24. The quantitative estimate of drug-likeness (QED) is 0.0347. The highest BCUT2D eigenvalue weighted by atomic mass is 16.5. The molecule has 0 aromatic carbocycles. The van der Waals surface area contributed by atoms with Gasteiger partial charge in [0.1, 0.15) is 0 Å². The summed E-state index contributed by atoms with van der Waals surface area (Å²) < 4.78 is 5.59. The molecule has 0 bridgehead atoms. The van der Waals surface area contributed by atoms with E-state index in [1.165, 1.54) is 173 Å². The second kappa shape index (κ2) is 47.8. The number of allylic oxidation sites excluding steroid dienone is 4. The molecule has 0 aliphatic carbocycles. The summed E-state index contributed by atoms with van der Waals surface area (Å²) in [4.78, 5) is 31.5. The maximum atomic E-state index is 14.4. The minimum atomic E-state index is -0.0185. The third-order valence-corrected chi connectivity index (χ3v) is 12.8. The monoisotopic (exact) mass is 857 g/mol. The van der Waals surface area contributed by atoms with Crippen LogP contribution in [-0.2, 0) is 14.3 Å². The summed E-state index contributed by atoms with van der Waals surface area (Å²) >= 11 is 0. The fourth-order valence-electron chi connectivity index (χ4n) is 8.76. The lowest BCUT2D eigenvalue weighted by molar-refractivity contribution is -0.144. The topological polar surface area (TPSA) is 49.9 Å². The summed E-state index contributed by atoms with van der Waals surface area (Å²) in [6, 6.07) is 0.322. The predicted octanol–water partition coefficient (Wildman–Crippen LogP) is 17.3. The summed E-state index contributed by atoms with van der Waals surface area (Å²) in [5.74, 6) is 0.926. The van der Waals surface area contributed by atoms with Crippen LogP contribution in [0.4, 0.5) is 0 Å². The highest BCUT2D eigenvalue weighted by molar-refractivity contribution is 5.76. The lowest BCUT2D eigenvalue weighted by atomic mass is 9.92. The summed E-state index contributed by atoms with van der Waals surface area (Å²) in [6.07, 6.45) is 56.3. The zero-order chi connectivity index (χ0) is 44.7. The number of hydrogen-bond donors (Lipinski definition) is 0. The molecule has 0 heterocycles. The van der Waals surface area contributed by atoms with E-state index < -0.39 is 0 Å². The van der Waals surface area contributed by atoms with E-state index in [0.29, 0.717) is 37.3 Å². The fourth-order valence-corrected chi connectivity index (χ4v) is 8.76. The first-order valence-corrected chi connectivity index (χ1v) is 27.3. The van der Waals surface area contributed by atoms with Crippen LogP contribution in [0.2, 0.25) is 0 Å². The number of esters is 1.